The first-order valence-electron chi connectivity index (χ1n) is 5.86. The molecule has 0 spiro atoms. The lowest BCUT2D eigenvalue weighted by atomic mass is 9.91. The summed E-state index contributed by atoms with van der Waals surface area (Å²) in [5.41, 5.74) is 2.69. The van der Waals surface area contributed by atoms with Crippen molar-refractivity contribution in [3.05, 3.63) is 28.2 Å². The zero-order valence-corrected chi connectivity index (χ0v) is 11.5. The van der Waals surface area contributed by atoms with Crippen molar-refractivity contribution >= 4 is 21.6 Å². The van der Waals surface area contributed by atoms with Crippen molar-refractivity contribution in [3.8, 4) is 0 Å². The highest BCUT2D eigenvalue weighted by molar-refractivity contribution is 9.10. The monoisotopic (exact) mass is 282 g/mol. The third kappa shape index (κ3) is 2.58. The molecule has 1 aromatic rings. The van der Waals surface area contributed by atoms with E-state index in [0.29, 0.717) is 5.92 Å². The van der Waals surface area contributed by atoms with Gasteiger partial charge < -0.3 is 10.2 Å². The number of hydrogen-bond donors (Lipinski definition) is 1. The molecule has 1 saturated heterocycles. The fraction of sp³-hybridized carbons (Fsp3) is 0.538. The third-order valence-corrected chi connectivity index (χ3v) is 3.86. The van der Waals surface area contributed by atoms with Crippen molar-refractivity contribution in [2.75, 3.05) is 32.1 Å². The lowest BCUT2D eigenvalue weighted by Crippen LogP contribution is -2.28. The normalized spacial score (nSPS) is 20.8. The molecular formula is C13H19BrN2. The van der Waals surface area contributed by atoms with Gasteiger partial charge in [0.2, 0.25) is 0 Å². The van der Waals surface area contributed by atoms with Gasteiger partial charge in [-0.1, -0.05) is 6.07 Å². The number of hydrogen-bond acceptors (Lipinski definition) is 2. The fourth-order valence-corrected chi connectivity index (χ4v) is 3.03. The van der Waals surface area contributed by atoms with Gasteiger partial charge >= 0.3 is 0 Å². The van der Waals surface area contributed by atoms with Gasteiger partial charge in [0.25, 0.3) is 0 Å². The van der Waals surface area contributed by atoms with Crippen LogP contribution < -0.4 is 10.2 Å². The third-order valence-electron chi connectivity index (χ3n) is 3.22. The van der Waals surface area contributed by atoms with Gasteiger partial charge in [-0.2, -0.15) is 0 Å². The summed E-state index contributed by atoms with van der Waals surface area (Å²) >= 11 is 3.65. The number of halogens is 1. The molecule has 1 aliphatic rings. The molecule has 1 heterocycles. The summed E-state index contributed by atoms with van der Waals surface area (Å²) in [5, 5.41) is 3.46. The van der Waals surface area contributed by atoms with Crippen molar-refractivity contribution in [1.82, 2.24) is 5.32 Å². The predicted molar refractivity (Wildman–Crippen MR) is 73.3 cm³/mol. The Morgan fingerprint density at radius 1 is 1.38 bits per heavy atom. The second kappa shape index (κ2) is 5.19. The minimum atomic E-state index is 0.682. The number of benzene rings is 1. The molecule has 3 heteroatoms. The zero-order valence-electron chi connectivity index (χ0n) is 9.96. The van der Waals surface area contributed by atoms with Gasteiger partial charge in [-0.25, -0.2) is 0 Å². The van der Waals surface area contributed by atoms with Crippen LogP contribution in [0.2, 0.25) is 0 Å². The van der Waals surface area contributed by atoms with Crippen LogP contribution in [-0.2, 0) is 0 Å². The Morgan fingerprint density at radius 3 is 2.75 bits per heavy atom. The highest BCUT2D eigenvalue weighted by atomic mass is 79.9. The Labute approximate surface area is 106 Å². The maximum absolute atomic E-state index is 3.65. The molecule has 0 amide bonds. The van der Waals surface area contributed by atoms with Gasteiger partial charge in [0.05, 0.1) is 5.69 Å². The molecule has 1 aromatic carbocycles. The van der Waals surface area contributed by atoms with Crippen LogP contribution in [0.3, 0.4) is 0 Å². The summed E-state index contributed by atoms with van der Waals surface area (Å²) in [6.07, 6.45) is 2.60. The highest BCUT2D eigenvalue weighted by Gasteiger charge is 2.16. The van der Waals surface area contributed by atoms with Crippen LogP contribution in [0.1, 0.15) is 24.3 Å². The quantitative estimate of drug-likeness (QED) is 0.897. The molecule has 0 bridgehead atoms. The first-order chi connectivity index (χ1) is 7.68. The highest BCUT2D eigenvalue weighted by Crippen LogP contribution is 2.31. The minimum absolute atomic E-state index is 0.682. The second-order valence-corrected chi connectivity index (χ2v) is 5.50. The molecule has 0 saturated carbocycles. The van der Waals surface area contributed by atoms with Crippen LogP contribution in [0.4, 0.5) is 5.69 Å². The van der Waals surface area contributed by atoms with Gasteiger partial charge in [-0.05, 0) is 58.9 Å². The summed E-state index contributed by atoms with van der Waals surface area (Å²) in [7, 11) is 4.14. The minimum Gasteiger partial charge on any atom is -0.377 e. The molecule has 1 atom stereocenters. The maximum atomic E-state index is 3.65. The number of nitrogens with zero attached hydrogens (tertiary/aromatic N) is 1. The molecule has 2 nitrogen and oxygen atoms in total. The van der Waals surface area contributed by atoms with Crippen molar-refractivity contribution < 1.29 is 0 Å². The van der Waals surface area contributed by atoms with Gasteiger partial charge in [-0.3, -0.25) is 0 Å². The Balaban J connectivity index is 2.19. The van der Waals surface area contributed by atoms with E-state index in [4.69, 9.17) is 0 Å². The predicted octanol–water partition coefficient (Wildman–Crippen LogP) is 2.98. The molecule has 1 unspecified atom stereocenters. The van der Waals surface area contributed by atoms with Crippen LogP contribution in [-0.4, -0.2) is 27.2 Å². The van der Waals surface area contributed by atoms with Gasteiger partial charge in [0.15, 0.2) is 0 Å². The molecule has 0 aromatic heterocycles. The topological polar surface area (TPSA) is 15.3 Å². The average molecular weight is 283 g/mol. The zero-order chi connectivity index (χ0) is 11.5. The van der Waals surface area contributed by atoms with Crippen molar-refractivity contribution in [2.24, 2.45) is 0 Å². The molecule has 1 fully saturated rings. The number of anilines is 1. The SMILES string of the molecule is CN(C)c1ccc(C2CCCNC2)cc1Br. The molecule has 0 aliphatic carbocycles. The number of rotatable bonds is 2. The van der Waals surface area contributed by atoms with Gasteiger partial charge in [0, 0.05) is 25.1 Å². The summed E-state index contributed by atoms with van der Waals surface area (Å²) in [6, 6.07) is 6.73. The van der Waals surface area contributed by atoms with Crippen molar-refractivity contribution in [1.29, 1.82) is 0 Å². The Hall–Kier alpha value is -0.540. The van der Waals surface area contributed by atoms with Crippen LogP contribution in [0.5, 0.6) is 0 Å². The standard InChI is InChI=1S/C13H19BrN2/c1-16(2)13-6-5-10(8-12(13)14)11-4-3-7-15-9-11/h5-6,8,11,15H,3-4,7,9H2,1-2H3. The van der Waals surface area contributed by atoms with E-state index < -0.39 is 0 Å². The summed E-state index contributed by atoms with van der Waals surface area (Å²) in [4.78, 5) is 2.13. The fourth-order valence-electron chi connectivity index (χ4n) is 2.28. The van der Waals surface area contributed by atoms with E-state index in [9.17, 15) is 0 Å². The smallest absolute Gasteiger partial charge is 0.0505 e. The summed E-state index contributed by atoms with van der Waals surface area (Å²) in [5.74, 6) is 0.682. The first-order valence-corrected chi connectivity index (χ1v) is 6.65. The van der Waals surface area contributed by atoms with E-state index in [1.165, 1.54) is 35.1 Å². The first kappa shape index (κ1) is 11.9. The molecule has 1 aliphatic heterocycles. The van der Waals surface area contributed by atoms with E-state index >= 15 is 0 Å². The number of nitrogens with one attached hydrogen (secondary N) is 1. The molecule has 2 rings (SSSR count). The van der Waals surface area contributed by atoms with Crippen LogP contribution in [0.15, 0.2) is 22.7 Å². The van der Waals surface area contributed by atoms with E-state index in [0.717, 1.165) is 6.54 Å². The van der Waals surface area contributed by atoms with E-state index in [1.807, 2.05) is 0 Å². The number of piperidine rings is 1. The van der Waals surface area contributed by atoms with Crippen molar-refractivity contribution in [2.45, 2.75) is 18.8 Å². The van der Waals surface area contributed by atoms with Crippen LogP contribution >= 0.6 is 15.9 Å². The lowest BCUT2D eigenvalue weighted by Gasteiger charge is -2.24. The van der Waals surface area contributed by atoms with E-state index in [1.54, 1.807) is 0 Å². The van der Waals surface area contributed by atoms with Crippen LogP contribution in [0.25, 0.3) is 0 Å². The molecule has 88 valence electrons. The second-order valence-electron chi connectivity index (χ2n) is 4.65. The average Bonchev–Trinajstić information content (AvgIpc) is 2.29. The summed E-state index contributed by atoms with van der Waals surface area (Å²) < 4.78 is 1.19. The van der Waals surface area contributed by atoms with E-state index in [-0.39, 0.29) is 0 Å². The molecular weight excluding hydrogens is 264 g/mol. The Morgan fingerprint density at radius 2 is 2.19 bits per heavy atom. The molecule has 1 N–H and O–H groups in total. The van der Waals surface area contributed by atoms with Gasteiger partial charge in [-0.15, -0.1) is 0 Å². The van der Waals surface area contributed by atoms with Gasteiger partial charge in [0.1, 0.15) is 0 Å². The maximum Gasteiger partial charge on any atom is 0.0505 e. The van der Waals surface area contributed by atoms with Crippen molar-refractivity contribution in [3.63, 3.8) is 0 Å². The molecule has 0 radical (unpaired) electrons. The Bertz CT molecular complexity index is 357. The van der Waals surface area contributed by atoms with Crippen LogP contribution in [0, 0.1) is 0 Å². The largest absolute Gasteiger partial charge is 0.377 e. The Kier molecular flexibility index (Phi) is 3.87. The van der Waals surface area contributed by atoms with E-state index in [2.05, 4.69) is 58.4 Å². The summed E-state index contributed by atoms with van der Waals surface area (Å²) in [6.45, 7) is 2.29. The lowest BCUT2D eigenvalue weighted by molar-refractivity contribution is 0.461. The molecule has 16 heavy (non-hydrogen) atoms.